The second-order valence-electron chi connectivity index (χ2n) is 6.69. The van der Waals surface area contributed by atoms with Crippen LogP contribution in [0, 0.1) is 0 Å². The van der Waals surface area contributed by atoms with Gasteiger partial charge in [-0.2, -0.15) is 0 Å². The Morgan fingerprint density at radius 3 is 2.57 bits per heavy atom. The Morgan fingerprint density at radius 2 is 1.73 bits per heavy atom. The van der Waals surface area contributed by atoms with Crippen LogP contribution in [0.4, 0.5) is 5.69 Å². The van der Waals surface area contributed by atoms with E-state index in [1.165, 1.54) is 0 Å². The molecule has 1 aromatic heterocycles. The molecule has 0 saturated heterocycles. The Balaban J connectivity index is 0.00000218. The van der Waals surface area contributed by atoms with Crippen molar-refractivity contribution in [1.82, 2.24) is 0 Å². The summed E-state index contributed by atoms with van der Waals surface area (Å²) in [6.07, 6.45) is 0. The molecule has 2 heterocycles. The van der Waals surface area contributed by atoms with Crippen molar-refractivity contribution in [2.24, 2.45) is 0 Å². The van der Waals surface area contributed by atoms with Crippen LogP contribution >= 0.6 is 12.4 Å². The van der Waals surface area contributed by atoms with E-state index < -0.39 is 0 Å². The van der Waals surface area contributed by atoms with Crippen molar-refractivity contribution >= 4 is 29.1 Å². The fourth-order valence-corrected chi connectivity index (χ4v) is 3.28. The van der Waals surface area contributed by atoms with Crippen LogP contribution in [0.5, 0.6) is 17.2 Å². The van der Waals surface area contributed by atoms with Crippen molar-refractivity contribution in [2.45, 2.75) is 6.61 Å². The van der Waals surface area contributed by atoms with Crippen LogP contribution in [0.15, 0.2) is 75.9 Å². The van der Waals surface area contributed by atoms with Gasteiger partial charge in [0.25, 0.3) is 0 Å². The number of rotatable bonds is 4. The Labute approximate surface area is 178 Å². The zero-order chi connectivity index (χ0) is 19.8. The summed E-state index contributed by atoms with van der Waals surface area (Å²) >= 11 is 0. The molecule has 0 fully saturated rings. The number of fused-ring (bicyclic) bond motifs is 2. The second kappa shape index (κ2) is 8.00. The van der Waals surface area contributed by atoms with Gasteiger partial charge in [0.05, 0.1) is 5.39 Å². The smallest absolute Gasteiger partial charge is 0.235 e. The molecule has 152 valence electrons. The molecule has 4 aromatic rings. The highest BCUT2D eigenvalue weighted by Crippen LogP contribution is 2.39. The first kappa shape index (κ1) is 19.7. The summed E-state index contributed by atoms with van der Waals surface area (Å²) in [6.45, 7) is 0.397. The first-order valence-electron chi connectivity index (χ1n) is 9.12. The van der Waals surface area contributed by atoms with E-state index in [2.05, 4.69) is 0 Å². The number of hydrogen-bond acceptors (Lipinski definition) is 6. The highest BCUT2D eigenvalue weighted by Gasteiger charge is 2.21. The zero-order valence-electron chi connectivity index (χ0n) is 15.8. The molecule has 0 amide bonds. The number of nitrogen functional groups attached to an aromatic ring is 1. The molecule has 0 unspecified atom stereocenters. The first-order valence-corrected chi connectivity index (χ1v) is 9.12. The third-order valence-corrected chi connectivity index (χ3v) is 4.73. The normalized spacial score (nSPS) is 11.9. The van der Waals surface area contributed by atoms with Crippen LogP contribution in [0.1, 0.15) is 5.56 Å². The van der Waals surface area contributed by atoms with Gasteiger partial charge >= 0.3 is 0 Å². The number of halogens is 1. The SMILES string of the molecule is Cl.Nc1ccc2oc(-c3ccc4c(c3)OCO4)c(OCc3ccccc3)c(=O)c2c1. The summed E-state index contributed by atoms with van der Waals surface area (Å²) in [6, 6.07) is 20.0. The van der Waals surface area contributed by atoms with Gasteiger partial charge in [0.2, 0.25) is 18.0 Å². The second-order valence-corrected chi connectivity index (χ2v) is 6.69. The minimum absolute atomic E-state index is 0. The van der Waals surface area contributed by atoms with Crippen LogP contribution in [-0.4, -0.2) is 6.79 Å². The number of benzene rings is 3. The average molecular weight is 424 g/mol. The summed E-state index contributed by atoms with van der Waals surface area (Å²) in [7, 11) is 0. The number of anilines is 1. The summed E-state index contributed by atoms with van der Waals surface area (Å²) in [4.78, 5) is 13.2. The lowest BCUT2D eigenvalue weighted by atomic mass is 10.1. The van der Waals surface area contributed by atoms with Crippen molar-refractivity contribution in [3.8, 4) is 28.6 Å². The maximum Gasteiger partial charge on any atom is 0.235 e. The zero-order valence-corrected chi connectivity index (χ0v) is 16.6. The largest absolute Gasteiger partial charge is 0.481 e. The van der Waals surface area contributed by atoms with Crippen molar-refractivity contribution in [3.05, 3.63) is 82.5 Å². The molecule has 5 rings (SSSR count). The van der Waals surface area contributed by atoms with Gasteiger partial charge in [0.1, 0.15) is 12.2 Å². The van der Waals surface area contributed by atoms with Crippen molar-refractivity contribution in [2.75, 3.05) is 12.5 Å². The highest BCUT2D eigenvalue weighted by atomic mass is 35.5. The van der Waals surface area contributed by atoms with Gasteiger partial charge in [0, 0.05) is 11.3 Å². The predicted octanol–water partition coefficient (Wildman–Crippen LogP) is 4.77. The molecule has 1 aliphatic heterocycles. The summed E-state index contributed by atoms with van der Waals surface area (Å²) in [5.74, 6) is 1.71. The van der Waals surface area contributed by atoms with E-state index in [-0.39, 0.29) is 37.0 Å². The van der Waals surface area contributed by atoms with E-state index >= 15 is 0 Å². The lowest BCUT2D eigenvalue weighted by molar-refractivity contribution is 0.174. The molecule has 0 radical (unpaired) electrons. The van der Waals surface area contributed by atoms with Gasteiger partial charge in [-0.3, -0.25) is 4.79 Å². The summed E-state index contributed by atoms with van der Waals surface area (Å²) < 4.78 is 22.9. The predicted molar refractivity (Wildman–Crippen MR) is 116 cm³/mol. The Bertz CT molecular complexity index is 1270. The molecule has 0 atom stereocenters. The topological polar surface area (TPSA) is 83.9 Å². The van der Waals surface area contributed by atoms with Gasteiger partial charge in [-0.15, -0.1) is 12.4 Å². The molecule has 0 spiro atoms. The van der Waals surface area contributed by atoms with E-state index in [0.29, 0.717) is 39.5 Å². The molecule has 3 aromatic carbocycles. The monoisotopic (exact) mass is 423 g/mol. The van der Waals surface area contributed by atoms with Gasteiger partial charge < -0.3 is 24.4 Å². The quantitative estimate of drug-likeness (QED) is 0.476. The Kier molecular flexibility index (Phi) is 5.25. The third kappa shape index (κ3) is 3.53. The Hall–Kier alpha value is -3.64. The lowest BCUT2D eigenvalue weighted by Gasteiger charge is -2.12. The molecule has 0 bridgehead atoms. The Morgan fingerprint density at radius 1 is 0.933 bits per heavy atom. The molecule has 7 heteroatoms. The van der Waals surface area contributed by atoms with Crippen molar-refractivity contribution < 1.29 is 18.6 Å². The number of ether oxygens (including phenoxy) is 3. The van der Waals surface area contributed by atoms with Crippen molar-refractivity contribution in [1.29, 1.82) is 0 Å². The fourth-order valence-electron chi connectivity index (χ4n) is 3.28. The number of hydrogen-bond donors (Lipinski definition) is 1. The van der Waals surface area contributed by atoms with E-state index in [9.17, 15) is 4.79 Å². The van der Waals surface area contributed by atoms with Crippen LogP contribution < -0.4 is 25.4 Å². The van der Waals surface area contributed by atoms with Crippen LogP contribution in [-0.2, 0) is 6.61 Å². The average Bonchev–Trinajstić information content (AvgIpc) is 3.22. The van der Waals surface area contributed by atoms with E-state index in [4.69, 9.17) is 24.4 Å². The van der Waals surface area contributed by atoms with Crippen LogP contribution in [0.3, 0.4) is 0 Å². The third-order valence-electron chi connectivity index (χ3n) is 4.73. The maximum atomic E-state index is 13.2. The van der Waals surface area contributed by atoms with Crippen LogP contribution in [0.25, 0.3) is 22.3 Å². The first-order chi connectivity index (χ1) is 14.2. The van der Waals surface area contributed by atoms with E-state index in [1.807, 2.05) is 36.4 Å². The molecule has 6 nitrogen and oxygen atoms in total. The fraction of sp³-hybridized carbons (Fsp3) is 0.0870. The summed E-state index contributed by atoms with van der Waals surface area (Å²) in [5, 5.41) is 0.373. The van der Waals surface area contributed by atoms with Gasteiger partial charge in [-0.1, -0.05) is 30.3 Å². The maximum absolute atomic E-state index is 13.2. The van der Waals surface area contributed by atoms with Gasteiger partial charge in [-0.05, 0) is 42.0 Å². The van der Waals surface area contributed by atoms with Gasteiger partial charge in [-0.25, -0.2) is 0 Å². The molecular formula is C23H18ClNO5. The highest BCUT2D eigenvalue weighted by molar-refractivity contribution is 5.85. The van der Waals surface area contributed by atoms with Crippen LogP contribution in [0.2, 0.25) is 0 Å². The number of nitrogens with two attached hydrogens (primary N) is 1. The molecule has 2 N–H and O–H groups in total. The molecule has 0 saturated carbocycles. The molecular weight excluding hydrogens is 406 g/mol. The lowest BCUT2D eigenvalue weighted by Crippen LogP contribution is -2.10. The van der Waals surface area contributed by atoms with E-state index in [1.54, 1.807) is 30.3 Å². The molecule has 30 heavy (non-hydrogen) atoms. The molecule has 1 aliphatic rings. The van der Waals surface area contributed by atoms with Crippen molar-refractivity contribution in [3.63, 3.8) is 0 Å². The standard InChI is InChI=1S/C23H17NO5.ClH/c24-16-7-9-18-17(11-16)21(25)23(26-12-14-4-2-1-3-5-14)22(29-18)15-6-8-19-20(10-15)28-13-27-19;/h1-11H,12-13,24H2;1H. The summed E-state index contributed by atoms with van der Waals surface area (Å²) in [5.41, 5.74) is 8.11. The minimum atomic E-state index is -0.276. The van der Waals surface area contributed by atoms with E-state index in [0.717, 1.165) is 5.56 Å². The molecule has 0 aliphatic carbocycles. The van der Waals surface area contributed by atoms with Gasteiger partial charge in [0.15, 0.2) is 17.3 Å². The minimum Gasteiger partial charge on any atom is -0.481 e.